The Morgan fingerprint density at radius 2 is 1.28 bits per heavy atom. The standard InChI is InChI=1S/C12H20N2O2.2Li/c15-11(13-7-3-1-4-8-13)12(16)14-9-5-2-6-10-14;;/h1-10H2;;/q-2;2*+1. The SMILES string of the molecule is O=C([C-]([O-])N1CCCCC1)N1CCCCC1.[Li+].[Li+]. The zero-order valence-corrected chi connectivity index (χ0v) is 11.8. The van der Waals surface area contributed by atoms with E-state index in [9.17, 15) is 9.90 Å². The maximum atomic E-state index is 11.9. The average Bonchev–Trinajstić information content (AvgIpc) is 2.39. The van der Waals surface area contributed by atoms with Crippen molar-refractivity contribution in [1.82, 2.24) is 9.80 Å². The Morgan fingerprint density at radius 1 is 0.833 bits per heavy atom. The van der Waals surface area contributed by atoms with Crippen molar-refractivity contribution < 1.29 is 47.6 Å². The van der Waals surface area contributed by atoms with Crippen LogP contribution in [0.1, 0.15) is 38.5 Å². The summed E-state index contributed by atoms with van der Waals surface area (Å²) in [5.41, 5.74) is 0. The van der Waals surface area contributed by atoms with Gasteiger partial charge in [0.25, 0.3) is 0 Å². The Hall–Kier alpha value is 0.455. The van der Waals surface area contributed by atoms with Crippen LogP contribution in [0.5, 0.6) is 0 Å². The van der Waals surface area contributed by atoms with E-state index in [0.717, 1.165) is 51.9 Å². The number of amides is 1. The number of hydrogen-bond donors (Lipinski definition) is 0. The van der Waals surface area contributed by atoms with Crippen LogP contribution in [0.4, 0.5) is 0 Å². The minimum absolute atomic E-state index is 0. The molecule has 2 aliphatic heterocycles. The molecular weight excluding hydrogens is 218 g/mol. The number of carbonyl (C=O) groups is 1. The molecule has 0 atom stereocenters. The second kappa shape index (κ2) is 9.37. The maximum absolute atomic E-state index is 11.9. The molecule has 2 heterocycles. The third kappa shape index (κ3) is 4.85. The molecule has 92 valence electrons. The molecule has 6 heteroatoms. The monoisotopic (exact) mass is 238 g/mol. The minimum Gasteiger partial charge on any atom is -0.997 e. The van der Waals surface area contributed by atoms with E-state index in [1.807, 2.05) is 0 Å². The van der Waals surface area contributed by atoms with Crippen LogP contribution in [-0.2, 0) is 4.79 Å². The summed E-state index contributed by atoms with van der Waals surface area (Å²) in [5.74, 6) is -0.276. The van der Waals surface area contributed by atoms with Crippen molar-refractivity contribution in [2.45, 2.75) is 38.5 Å². The van der Waals surface area contributed by atoms with Crippen LogP contribution < -0.4 is 42.8 Å². The largest absolute Gasteiger partial charge is 1.00 e. The van der Waals surface area contributed by atoms with Gasteiger partial charge in [-0.15, -0.1) is 0 Å². The van der Waals surface area contributed by atoms with Crippen molar-refractivity contribution in [3.63, 3.8) is 0 Å². The first-order chi connectivity index (χ1) is 7.79. The predicted octanol–water partition coefficient (Wildman–Crippen LogP) is -5.66. The Balaban J connectivity index is 0.00000144. The molecule has 18 heavy (non-hydrogen) atoms. The number of hydrogen-bond acceptors (Lipinski definition) is 3. The van der Waals surface area contributed by atoms with E-state index in [1.54, 1.807) is 9.80 Å². The summed E-state index contributed by atoms with van der Waals surface area (Å²) in [6.07, 6.45) is 6.25. The van der Waals surface area contributed by atoms with Gasteiger partial charge in [-0.1, -0.05) is 6.42 Å². The van der Waals surface area contributed by atoms with Gasteiger partial charge in [0.1, 0.15) is 0 Å². The van der Waals surface area contributed by atoms with Crippen LogP contribution in [0.25, 0.3) is 0 Å². The quantitative estimate of drug-likeness (QED) is 0.356. The fraction of sp³-hybridized carbons (Fsp3) is 0.833. The molecule has 2 rings (SSSR count). The smallest absolute Gasteiger partial charge is 0.997 e. The minimum atomic E-state index is -0.276. The molecule has 0 saturated carbocycles. The zero-order valence-electron chi connectivity index (χ0n) is 11.8. The van der Waals surface area contributed by atoms with Gasteiger partial charge in [0, 0.05) is 13.1 Å². The molecule has 4 nitrogen and oxygen atoms in total. The molecule has 0 unspecified atom stereocenters. The Kier molecular flexibility index (Phi) is 9.61. The Bertz CT molecular complexity index is 242. The predicted molar refractivity (Wildman–Crippen MR) is 59.1 cm³/mol. The Labute approximate surface area is 134 Å². The van der Waals surface area contributed by atoms with Gasteiger partial charge in [-0.2, -0.15) is 0 Å². The molecular formula is C12H20Li2N2O2. The van der Waals surface area contributed by atoms with Crippen molar-refractivity contribution in [2.75, 3.05) is 26.2 Å². The van der Waals surface area contributed by atoms with Gasteiger partial charge in [-0.05, 0) is 45.2 Å². The maximum Gasteiger partial charge on any atom is 1.00 e. The summed E-state index contributed by atoms with van der Waals surface area (Å²) in [6, 6.07) is 0. The molecule has 2 saturated heterocycles. The first-order valence-electron chi connectivity index (χ1n) is 6.37. The van der Waals surface area contributed by atoms with Crippen molar-refractivity contribution >= 4 is 5.91 Å². The topological polar surface area (TPSA) is 46.6 Å². The van der Waals surface area contributed by atoms with E-state index < -0.39 is 0 Å². The number of piperidine rings is 2. The molecule has 0 radical (unpaired) electrons. The summed E-state index contributed by atoms with van der Waals surface area (Å²) in [4.78, 5) is 15.4. The first-order valence-corrected chi connectivity index (χ1v) is 6.37. The molecule has 0 spiro atoms. The van der Waals surface area contributed by atoms with E-state index in [0.29, 0.717) is 0 Å². The van der Waals surface area contributed by atoms with Crippen molar-refractivity contribution in [1.29, 1.82) is 0 Å². The van der Waals surface area contributed by atoms with Crippen LogP contribution in [-0.4, -0.2) is 41.9 Å². The molecule has 0 aromatic heterocycles. The van der Waals surface area contributed by atoms with E-state index in [1.165, 1.54) is 12.8 Å². The van der Waals surface area contributed by atoms with E-state index >= 15 is 0 Å². The third-order valence-corrected chi connectivity index (χ3v) is 3.47. The normalized spacial score (nSPS) is 20.6. The van der Waals surface area contributed by atoms with Gasteiger partial charge < -0.3 is 25.9 Å². The second-order valence-electron chi connectivity index (χ2n) is 4.71. The number of carbonyl (C=O) groups excluding carboxylic acids is 1. The van der Waals surface area contributed by atoms with Gasteiger partial charge in [0.05, 0.1) is 5.91 Å². The zero-order chi connectivity index (χ0) is 11.4. The number of likely N-dealkylation sites (tertiary alicyclic amines) is 2. The molecule has 0 aromatic rings. The van der Waals surface area contributed by atoms with Crippen LogP contribution in [0, 0.1) is 6.23 Å². The van der Waals surface area contributed by atoms with Gasteiger partial charge in [0.15, 0.2) is 0 Å². The molecule has 0 N–H and O–H groups in total. The van der Waals surface area contributed by atoms with Crippen molar-refractivity contribution in [2.24, 2.45) is 0 Å². The summed E-state index contributed by atoms with van der Waals surface area (Å²) in [7, 11) is 0. The van der Waals surface area contributed by atoms with E-state index in [4.69, 9.17) is 0 Å². The summed E-state index contributed by atoms with van der Waals surface area (Å²) < 4.78 is 0. The van der Waals surface area contributed by atoms with Crippen molar-refractivity contribution in [3.8, 4) is 0 Å². The number of rotatable bonds is 2. The fourth-order valence-corrected chi connectivity index (χ4v) is 2.46. The van der Waals surface area contributed by atoms with Gasteiger partial charge in [-0.3, -0.25) is 0 Å². The Morgan fingerprint density at radius 3 is 1.78 bits per heavy atom. The number of nitrogens with zero attached hydrogens (tertiary/aromatic N) is 2. The van der Waals surface area contributed by atoms with Crippen molar-refractivity contribution in [3.05, 3.63) is 6.23 Å². The van der Waals surface area contributed by atoms with Gasteiger partial charge in [-0.25, -0.2) is 0 Å². The van der Waals surface area contributed by atoms with Crippen LogP contribution in [0.2, 0.25) is 0 Å². The molecule has 0 bridgehead atoms. The molecule has 2 aliphatic rings. The van der Waals surface area contributed by atoms with E-state index in [-0.39, 0.29) is 49.9 Å². The second-order valence-corrected chi connectivity index (χ2v) is 4.71. The molecule has 0 aliphatic carbocycles. The molecule has 1 amide bonds. The molecule has 0 aromatic carbocycles. The van der Waals surface area contributed by atoms with Crippen LogP contribution in [0.15, 0.2) is 0 Å². The van der Waals surface area contributed by atoms with Crippen LogP contribution >= 0.6 is 0 Å². The first kappa shape index (κ1) is 18.5. The fourth-order valence-electron chi connectivity index (χ4n) is 2.46. The van der Waals surface area contributed by atoms with Gasteiger partial charge in [0.2, 0.25) is 0 Å². The summed E-state index contributed by atoms with van der Waals surface area (Å²) in [6.45, 7) is 3.05. The van der Waals surface area contributed by atoms with E-state index in [2.05, 4.69) is 0 Å². The third-order valence-electron chi connectivity index (χ3n) is 3.47. The summed E-state index contributed by atoms with van der Waals surface area (Å²) >= 11 is 0. The summed E-state index contributed by atoms with van der Waals surface area (Å²) in [5, 5.41) is 11.9. The van der Waals surface area contributed by atoms with Crippen LogP contribution in [0.3, 0.4) is 0 Å². The average molecular weight is 238 g/mol. The van der Waals surface area contributed by atoms with Gasteiger partial charge >= 0.3 is 37.7 Å². The molecule has 2 fully saturated rings.